The highest BCUT2D eigenvalue weighted by Gasteiger charge is 2.41. The van der Waals surface area contributed by atoms with Crippen LogP contribution >= 0.6 is 0 Å². The Labute approximate surface area is 134 Å². The molecule has 0 fully saturated rings. The molecule has 0 amide bonds. The molecule has 0 N–H and O–H groups in total. The van der Waals surface area contributed by atoms with Crippen molar-refractivity contribution in [2.24, 2.45) is 10.9 Å². The van der Waals surface area contributed by atoms with Gasteiger partial charge >= 0.3 is 5.97 Å². The monoisotopic (exact) mass is 313 g/mol. The van der Waals surface area contributed by atoms with Crippen LogP contribution in [0.3, 0.4) is 0 Å². The summed E-state index contributed by atoms with van der Waals surface area (Å²) in [5.74, 6) is -0.427. The van der Waals surface area contributed by atoms with Crippen molar-refractivity contribution in [1.29, 1.82) is 0 Å². The summed E-state index contributed by atoms with van der Waals surface area (Å²) < 4.78 is 6.89. The van der Waals surface area contributed by atoms with E-state index in [2.05, 4.69) is 20.5 Å². The van der Waals surface area contributed by atoms with Crippen molar-refractivity contribution >= 4 is 17.6 Å². The van der Waals surface area contributed by atoms with Gasteiger partial charge in [-0.3, -0.25) is 4.79 Å². The number of aliphatic imine (C=N–C) groups is 1. The van der Waals surface area contributed by atoms with E-state index in [1.807, 2.05) is 39.0 Å². The minimum Gasteiger partial charge on any atom is -0.465 e. The van der Waals surface area contributed by atoms with Crippen molar-refractivity contribution in [2.45, 2.75) is 33.7 Å². The van der Waals surface area contributed by atoms with E-state index >= 15 is 0 Å². The zero-order chi connectivity index (χ0) is 16.6. The Morgan fingerprint density at radius 1 is 1.26 bits per heavy atom. The Bertz CT molecular complexity index is 760. The van der Waals surface area contributed by atoms with Crippen molar-refractivity contribution in [3.05, 3.63) is 34.9 Å². The molecule has 1 aromatic carbocycles. The first kappa shape index (κ1) is 15.3. The molecule has 2 heterocycles. The number of carbonyl (C=O) groups is 1. The summed E-state index contributed by atoms with van der Waals surface area (Å²) in [4.78, 5) is 16.9. The topological polar surface area (TPSA) is 82.3 Å². The van der Waals surface area contributed by atoms with E-state index in [0.717, 1.165) is 16.7 Å². The second kappa shape index (κ2) is 5.91. The number of hydrogen-bond donors (Lipinski definition) is 0. The molecule has 2 unspecified atom stereocenters. The van der Waals surface area contributed by atoms with Gasteiger partial charge in [0.2, 0.25) is 0 Å². The Morgan fingerprint density at radius 3 is 2.61 bits per heavy atom. The molecule has 0 radical (unpaired) electrons. The molecule has 0 saturated heterocycles. The fraction of sp³-hybridized carbons (Fsp3) is 0.438. The normalized spacial score (nSPS) is 19.9. The fourth-order valence-corrected chi connectivity index (χ4v) is 3.15. The number of hydrogen-bond acceptors (Lipinski definition) is 6. The van der Waals surface area contributed by atoms with Crippen LogP contribution in [0.25, 0.3) is 0 Å². The summed E-state index contributed by atoms with van der Waals surface area (Å²) in [7, 11) is 0. The maximum Gasteiger partial charge on any atom is 0.317 e. The summed E-state index contributed by atoms with van der Waals surface area (Å²) in [6, 6.07) is 5.70. The number of aryl methyl sites for hydroxylation is 2. The van der Waals surface area contributed by atoms with Crippen molar-refractivity contribution in [3.8, 4) is 0 Å². The first-order valence-corrected chi connectivity index (χ1v) is 7.60. The highest BCUT2D eigenvalue weighted by Crippen LogP contribution is 2.38. The highest BCUT2D eigenvalue weighted by molar-refractivity contribution is 6.03. The second-order valence-corrected chi connectivity index (χ2v) is 5.66. The van der Waals surface area contributed by atoms with Gasteiger partial charge in [0, 0.05) is 5.71 Å². The molecule has 0 saturated carbocycles. The predicted molar refractivity (Wildman–Crippen MR) is 84.8 cm³/mol. The first-order chi connectivity index (χ1) is 11.0. The molecular formula is C16H19N5O2. The predicted octanol–water partition coefficient (Wildman–Crippen LogP) is 2.16. The van der Waals surface area contributed by atoms with Crippen molar-refractivity contribution in [1.82, 2.24) is 20.2 Å². The quantitative estimate of drug-likeness (QED) is 0.811. The van der Waals surface area contributed by atoms with E-state index in [1.54, 1.807) is 11.6 Å². The van der Waals surface area contributed by atoms with Gasteiger partial charge in [0.1, 0.15) is 12.0 Å². The Balaban J connectivity index is 2.20. The Morgan fingerprint density at radius 2 is 1.96 bits per heavy atom. The van der Waals surface area contributed by atoms with Crippen LogP contribution in [0.5, 0.6) is 0 Å². The summed E-state index contributed by atoms with van der Waals surface area (Å²) in [5, 5.41) is 11.7. The van der Waals surface area contributed by atoms with Crippen LogP contribution < -0.4 is 0 Å². The molecule has 0 aliphatic carbocycles. The summed E-state index contributed by atoms with van der Waals surface area (Å²) >= 11 is 0. The number of nitrogens with zero attached hydrogens (tertiary/aromatic N) is 5. The van der Waals surface area contributed by atoms with E-state index in [9.17, 15) is 4.79 Å². The molecule has 2 aromatic rings. The Kier molecular flexibility index (Phi) is 3.94. The smallest absolute Gasteiger partial charge is 0.317 e. The molecule has 0 spiro atoms. The molecule has 2 atom stereocenters. The largest absolute Gasteiger partial charge is 0.465 e. The average molecular weight is 313 g/mol. The molecule has 3 rings (SSSR count). The maximum absolute atomic E-state index is 12.6. The third-order valence-corrected chi connectivity index (χ3v) is 4.16. The number of tetrazole rings is 1. The number of fused-ring (bicyclic) bond motifs is 1. The molecule has 120 valence electrons. The SMILES string of the molecule is CCOC(=O)C1C(C)=Nc2nnnn2C1c1c(C)cccc1C. The molecule has 7 nitrogen and oxygen atoms in total. The van der Waals surface area contributed by atoms with Gasteiger partial charge in [-0.05, 0) is 54.8 Å². The summed E-state index contributed by atoms with van der Waals surface area (Å²) in [6.45, 7) is 7.99. The lowest BCUT2D eigenvalue weighted by Crippen LogP contribution is -2.37. The number of benzene rings is 1. The van der Waals surface area contributed by atoms with Gasteiger partial charge in [0.15, 0.2) is 0 Å². The van der Waals surface area contributed by atoms with Crippen LogP contribution in [0.4, 0.5) is 5.95 Å². The number of rotatable bonds is 3. The lowest BCUT2D eigenvalue weighted by molar-refractivity contribution is -0.146. The lowest BCUT2D eigenvalue weighted by Gasteiger charge is -2.31. The zero-order valence-electron chi connectivity index (χ0n) is 13.6. The molecule has 1 aromatic heterocycles. The summed E-state index contributed by atoms with van der Waals surface area (Å²) in [5.41, 5.74) is 3.87. The lowest BCUT2D eigenvalue weighted by atomic mass is 9.84. The van der Waals surface area contributed by atoms with Gasteiger partial charge in [-0.15, -0.1) is 0 Å². The number of ether oxygens (including phenoxy) is 1. The third-order valence-electron chi connectivity index (χ3n) is 4.16. The molecule has 23 heavy (non-hydrogen) atoms. The Hall–Kier alpha value is -2.57. The standard InChI is InChI=1S/C16H19N5O2/c1-5-23-15(22)13-11(4)17-16-18-19-20-21(16)14(13)12-9(2)7-6-8-10(12)3/h6-8,13-14H,5H2,1-4H3. The number of esters is 1. The second-order valence-electron chi connectivity index (χ2n) is 5.66. The molecule has 1 aliphatic rings. The third kappa shape index (κ3) is 2.52. The van der Waals surface area contributed by atoms with E-state index in [4.69, 9.17) is 4.74 Å². The van der Waals surface area contributed by atoms with Crippen molar-refractivity contribution in [3.63, 3.8) is 0 Å². The molecule has 0 bridgehead atoms. The van der Waals surface area contributed by atoms with Crippen LogP contribution in [0.2, 0.25) is 0 Å². The van der Waals surface area contributed by atoms with Crippen molar-refractivity contribution in [2.75, 3.05) is 6.61 Å². The van der Waals surface area contributed by atoms with Gasteiger partial charge in [0.05, 0.1) is 6.61 Å². The van der Waals surface area contributed by atoms with Gasteiger partial charge in [-0.2, -0.15) is 0 Å². The minimum atomic E-state index is -0.536. The molecular weight excluding hydrogens is 294 g/mol. The first-order valence-electron chi connectivity index (χ1n) is 7.60. The maximum atomic E-state index is 12.6. The van der Waals surface area contributed by atoms with Crippen LogP contribution in [0.15, 0.2) is 23.2 Å². The van der Waals surface area contributed by atoms with Gasteiger partial charge in [0.25, 0.3) is 5.95 Å². The van der Waals surface area contributed by atoms with Crippen LogP contribution in [-0.2, 0) is 9.53 Å². The molecule has 1 aliphatic heterocycles. The van der Waals surface area contributed by atoms with Crippen LogP contribution in [0, 0.1) is 19.8 Å². The minimum absolute atomic E-state index is 0.303. The van der Waals surface area contributed by atoms with E-state index in [1.165, 1.54) is 0 Å². The van der Waals surface area contributed by atoms with Gasteiger partial charge in [-0.25, -0.2) is 9.67 Å². The summed E-state index contributed by atoms with van der Waals surface area (Å²) in [6.07, 6.45) is 0. The zero-order valence-corrected chi connectivity index (χ0v) is 13.6. The molecule has 7 heteroatoms. The van der Waals surface area contributed by atoms with Gasteiger partial charge < -0.3 is 4.74 Å². The van der Waals surface area contributed by atoms with Gasteiger partial charge in [-0.1, -0.05) is 23.3 Å². The number of aromatic nitrogens is 4. The highest BCUT2D eigenvalue weighted by atomic mass is 16.5. The van der Waals surface area contributed by atoms with E-state index in [-0.39, 0.29) is 12.0 Å². The van der Waals surface area contributed by atoms with E-state index < -0.39 is 5.92 Å². The van der Waals surface area contributed by atoms with Crippen LogP contribution in [-0.4, -0.2) is 38.5 Å². The van der Waals surface area contributed by atoms with Crippen molar-refractivity contribution < 1.29 is 9.53 Å². The van der Waals surface area contributed by atoms with E-state index in [0.29, 0.717) is 18.3 Å². The van der Waals surface area contributed by atoms with Crippen LogP contribution in [0.1, 0.15) is 36.6 Å². The fourth-order valence-electron chi connectivity index (χ4n) is 3.15. The number of carbonyl (C=O) groups excluding carboxylic acids is 1. The average Bonchev–Trinajstić information content (AvgIpc) is 2.94.